The Bertz CT molecular complexity index is 1420. The zero-order valence-electron chi connectivity index (χ0n) is 24.4. The molecular weight excluding hydrogens is 528 g/mol. The molecule has 42 heavy (non-hydrogen) atoms. The molecule has 8 nitrogen and oxygen atoms in total. The van der Waals surface area contributed by atoms with Gasteiger partial charge in [-0.1, -0.05) is 48.4 Å². The average Bonchev–Trinajstić information content (AvgIpc) is 3.48. The van der Waals surface area contributed by atoms with Gasteiger partial charge in [-0.05, 0) is 67.4 Å². The minimum Gasteiger partial charge on any atom is -0.396 e. The van der Waals surface area contributed by atoms with E-state index in [0.717, 1.165) is 22.2 Å². The van der Waals surface area contributed by atoms with Crippen molar-refractivity contribution in [2.75, 3.05) is 20.2 Å². The summed E-state index contributed by atoms with van der Waals surface area (Å²) in [5, 5.41) is 52.9. The topological polar surface area (TPSA) is 133 Å². The minimum absolute atomic E-state index is 0.0202. The molecule has 224 valence electrons. The molecule has 2 saturated carbocycles. The molecule has 8 heteroatoms. The molecule has 0 spiro atoms. The van der Waals surface area contributed by atoms with Gasteiger partial charge < -0.3 is 36.0 Å². The summed E-state index contributed by atoms with van der Waals surface area (Å²) in [4.78, 5) is 7.87. The summed E-state index contributed by atoms with van der Waals surface area (Å²) in [5.74, 6) is 6.85. The lowest BCUT2D eigenvalue weighted by atomic mass is 9.60. The van der Waals surface area contributed by atoms with E-state index in [2.05, 4.69) is 62.8 Å². The van der Waals surface area contributed by atoms with Gasteiger partial charge in [0.25, 0.3) is 0 Å². The number of nitrogens with zero attached hydrogens (tertiary/aromatic N) is 1. The fourth-order valence-electron chi connectivity index (χ4n) is 8.41. The maximum atomic E-state index is 12.4. The number of aromatic amines is 1. The van der Waals surface area contributed by atoms with Gasteiger partial charge in [-0.3, -0.25) is 4.99 Å². The number of rotatable bonds is 7. The summed E-state index contributed by atoms with van der Waals surface area (Å²) in [6, 6.07) is 9.95. The monoisotopic (exact) mass is 572 g/mol. The largest absolute Gasteiger partial charge is 0.396 e. The Labute approximate surface area is 248 Å². The van der Waals surface area contributed by atoms with Gasteiger partial charge >= 0.3 is 0 Å². The summed E-state index contributed by atoms with van der Waals surface area (Å²) in [7, 11) is 1.68. The third-order valence-corrected chi connectivity index (χ3v) is 10.6. The molecule has 1 aromatic heterocycles. The van der Waals surface area contributed by atoms with Crippen molar-refractivity contribution in [1.29, 1.82) is 0 Å². The Morgan fingerprint density at radius 1 is 1.19 bits per heavy atom. The maximum absolute atomic E-state index is 12.4. The highest BCUT2D eigenvalue weighted by Crippen LogP contribution is 2.63. The molecule has 2 fully saturated rings. The Hall–Kier alpha value is -3.09. The third-order valence-electron chi connectivity index (χ3n) is 10.6. The average molecular weight is 573 g/mol. The minimum atomic E-state index is -1.44. The number of aliphatic imine (C=N–C) groups is 1. The van der Waals surface area contributed by atoms with Crippen LogP contribution in [0.4, 0.5) is 0 Å². The SMILES string of the molecule is C=C(Cc1cc2ccccc2[nH]1)[C@]12CC#C[C@H](NC(=NC)NCCCO)C[C@]3(O)[C@H](O)C[C@@H]([C@@H]3C1)[C@@]1(O)CC=C[C@@H]2C1. The van der Waals surface area contributed by atoms with Crippen LogP contribution in [0, 0.1) is 35.0 Å². The molecule has 0 amide bonds. The van der Waals surface area contributed by atoms with Crippen LogP contribution >= 0.6 is 0 Å². The molecule has 0 saturated heterocycles. The Morgan fingerprint density at radius 3 is 2.81 bits per heavy atom. The molecule has 1 aromatic carbocycles. The van der Waals surface area contributed by atoms with Crippen molar-refractivity contribution in [1.82, 2.24) is 15.6 Å². The van der Waals surface area contributed by atoms with Crippen molar-refractivity contribution in [3.05, 3.63) is 60.3 Å². The molecule has 0 aliphatic heterocycles. The first-order valence-electron chi connectivity index (χ1n) is 15.3. The molecule has 4 aliphatic carbocycles. The van der Waals surface area contributed by atoms with Gasteiger partial charge in [-0.2, -0.15) is 0 Å². The molecule has 1 heterocycles. The van der Waals surface area contributed by atoms with E-state index < -0.39 is 28.8 Å². The highest BCUT2D eigenvalue weighted by Gasteiger charge is 2.65. The molecule has 8 atom stereocenters. The lowest BCUT2D eigenvalue weighted by Crippen LogP contribution is -2.53. The van der Waals surface area contributed by atoms with Gasteiger partial charge in [-0.25, -0.2) is 0 Å². The van der Waals surface area contributed by atoms with E-state index in [9.17, 15) is 20.4 Å². The van der Waals surface area contributed by atoms with Gasteiger partial charge in [0, 0.05) is 56.1 Å². The van der Waals surface area contributed by atoms with Crippen LogP contribution in [-0.2, 0) is 6.42 Å². The number of H-pyrrole nitrogens is 1. The molecule has 2 aromatic rings. The Balaban J connectivity index is 1.40. The number of aliphatic hydroxyl groups excluding tert-OH is 2. The van der Waals surface area contributed by atoms with Crippen LogP contribution in [0.25, 0.3) is 10.9 Å². The maximum Gasteiger partial charge on any atom is 0.191 e. The van der Waals surface area contributed by atoms with Crippen molar-refractivity contribution >= 4 is 16.9 Å². The van der Waals surface area contributed by atoms with Crippen LogP contribution in [0.2, 0.25) is 0 Å². The van der Waals surface area contributed by atoms with Gasteiger partial charge in [0.05, 0.1) is 23.3 Å². The quantitative estimate of drug-likeness (QED) is 0.0898. The fraction of sp³-hybridized carbons (Fsp3) is 0.559. The Morgan fingerprint density at radius 2 is 2.02 bits per heavy atom. The summed E-state index contributed by atoms with van der Waals surface area (Å²) >= 11 is 0. The number of nitrogens with one attached hydrogen (secondary N) is 3. The van der Waals surface area contributed by atoms with Crippen LogP contribution in [0.5, 0.6) is 0 Å². The standard InChI is InChI=1S/C34H44N4O4/c1-22(16-26-17-23-8-3-4-11-29(23)37-26)32-12-6-10-25(38-31(35-2)36-14-7-15-39)20-34(42)28(21-32)27(18-30(34)40)33(41)13-5-9-24(32)19-33/h3-5,8-9,11,17,24-25,27-28,30,37,39-42H,1,7,12-16,18-21H2,2H3,(H2,35,36,38)/t24-,25+,27+,28+,30-,32+,33-,34-/m1/s1. The number of benzene rings is 1. The number of aliphatic hydroxyl groups is 4. The predicted octanol–water partition coefficient (Wildman–Crippen LogP) is 2.80. The second-order valence-electron chi connectivity index (χ2n) is 13.0. The van der Waals surface area contributed by atoms with Crippen molar-refractivity contribution < 1.29 is 20.4 Å². The van der Waals surface area contributed by atoms with E-state index in [1.54, 1.807) is 7.05 Å². The van der Waals surface area contributed by atoms with Crippen molar-refractivity contribution in [2.24, 2.45) is 28.2 Å². The van der Waals surface area contributed by atoms with E-state index in [1.165, 1.54) is 0 Å². The highest BCUT2D eigenvalue weighted by molar-refractivity contribution is 5.81. The first-order chi connectivity index (χ1) is 20.2. The normalized spacial score (nSPS) is 37.2. The third kappa shape index (κ3) is 4.97. The van der Waals surface area contributed by atoms with Gasteiger partial charge in [-0.15, -0.1) is 5.92 Å². The van der Waals surface area contributed by atoms with Gasteiger partial charge in [0.1, 0.15) is 0 Å². The Kier molecular flexibility index (Phi) is 7.73. The molecule has 0 unspecified atom stereocenters. The first kappa shape index (κ1) is 29.0. The lowest BCUT2D eigenvalue weighted by molar-refractivity contribution is -0.106. The predicted molar refractivity (Wildman–Crippen MR) is 165 cm³/mol. The van der Waals surface area contributed by atoms with Crippen LogP contribution in [0.1, 0.15) is 50.6 Å². The van der Waals surface area contributed by atoms with Crippen LogP contribution < -0.4 is 10.6 Å². The van der Waals surface area contributed by atoms with E-state index in [0.29, 0.717) is 57.5 Å². The number of aromatic nitrogens is 1. The van der Waals surface area contributed by atoms with Crippen LogP contribution in [0.15, 0.2) is 59.6 Å². The lowest BCUT2D eigenvalue weighted by Gasteiger charge is -2.44. The van der Waals surface area contributed by atoms with Crippen LogP contribution in [0.3, 0.4) is 0 Å². The first-order valence-corrected chi connectivity index (χ1v) is 15.3. The number of hydrogen-bond acceptors (Lipinski definition) is 5. The second-order valence-corrected chi connectivity index (χ2v) is 13.0. The zero-order valence-corrected chi connectivity index (χ0v) is 24.4. The van der Waals surface area contributed by atoms with E-state index in [1.807, 2.05) is 12.1 Å². The van der Waals surface area contributed by atoms with E-state index in [4.69, 9.17) is 6.58 Å². The van der Waals surface area contributed by atoms with Crippen molar-refractivity contribution in [3.8, 4) is 11.8 Å². The summed E-state index contributed by atoms with van der Waals surface area (Å²) in [6.45, 7) is 5.31. The molecule has 7 N–H and O–H groups in total. The smallest absolute Gasteiger partial charge is 0.191 e. The number of para-hydroxylation sites is 1. The summed E-state index contributed by atoms with van der Waals surface area (Å²) in [5.41, 5.74) is 0.282. The molecule has 4 aliphatic rings. The molecule has 0 radical (unpaired) electrons. The van der Waals surface area contributed by atoms with E-state index in [-0.39, 0.29) is 30.8 Å². The number of guanidine groups is 1. The number of allylic oxidation sites excluding steroid dienone is 2. The van der Waals surface area contributed by atoms with Crippen molar-refractivity contribution in [3.63, 3.8) is 0 Å². The summed E-state index contributed by atoms with van der Waals surface area (Å²) in [6.07, 6.45) is 7.38. The van der Waals surface area contributed by atoms with Crippen LogP contribution in [-0.4, -0.2) is 74.9 Å². The van der Waals surface area contributed by atoms with E-state index >= 15 is 0 Å². The molecule has 6 rings (SSSR count). The second kappa shape index (κ2) is 11.2. The van der Waals surface area contributed by atoms with Crippen molar-refractivity contribution in [2.45, 2.75) is 74.7 Å². The van der Waals surface area contributed by atoms with Gasteiger partial charge in [0.15, 0.2) is 5.96 Å². The number of hydrogen-bond donors (Lipinski definition) is 7. The number of fused-ring (bicyclic) bond motifs is 6. The summed E-state index contributed by atoms with van der Waals surface area (Å²) < 4.78 is 0. The van der Waals surface area contributed by atoms with Gasteiger partial charge in [0.2, 0.25) is 0 Å². The fourth-order valence-corrected chi connectivity index (χ4v) is 8.41. The molecular formula is C34H44N4O4. The highest BCUT2D eigenvalue weighted by atomic mass is 16.3. The molecule has 4 bridgehead atoms. The zero-order chi connectivity index (χ0) is 29.5.